The Morgan fingerprint density at radius 1 is 1.61 bits per heavy atom. The SMILES string of the molecule is CC(C)(C)OC(=O)N[C@H](CC=O)c1sccc1Br. The highest BCUT2D eigenvalue weighted by molar-refractivity contribution is 9.10. The third kappa shape index (κ3) is 4.78. The number of rotatable bonds is 4. The predicted octanol–water partition coefficient (Wildman–Crippen LogP) is 3.67. The van der Waals surface area contributed by atoms with Gasteiger partial charge < -0.3 is 14.8 Å². The van der Waals surface area contributed by atoms with Gasteiger partial charge in [0.25, 0.3) is 0 Å². The molecule has 18 heavy (non-hydrogen) atoms. The van der Waals surface area contributed by atoms with Gasteiger partial charge in [0, 0.05) is 15.8 Å². The molecular formula is C12H16BrNO3S. The molecule has 0 unspecified atom stereocenters. The van der Waals surface area contributed by atoms with E-state index in [4.69, 9.17) is 4.74 Å². The molecule has 0 bridgehead atoms. The number of halogens is 1. The average molecular weight is 334 g/mol. The monoisotopic (exact) mass is 333 g/mol. The van der Waals surface area contributed by atoms with Crippen molar-refractivity contribution in [3.8, 4) is 0 Å². The zero-order valence-corrected chi connectivity index (χ0v) is 12.9. The fourth-order valence-electron chi connectivity index (χ4n) is 1.33. The highest BCUT2D eigenvalue weighted by Gasteiger charge is 2.22. The number of hydrogen-bond donors (Lipinski definition) is 1. The summed E-state index contributed by atoms with van der Waals surface area (Å²) in [5.41, 5.74) is -0.553. The van der Waals surface area contributed by atoms with Crippen molar-refractivity contribution >= 4 is 39.6 Å². The van der Waals surface area contributed by atoms with E-state index >= 15 is 0 Å². The first-order valence-electron chi connectivity index (χ1n) is 5.49. The van der Waals surface area contributed by atoms with Gasteiger partial charge in [0.2, 0.25) is 0 Å². The lowest BCUT2D eigenvalue weighted by Gasteiger charge is -2.22. The van der Waals surface area contributed by atoms with Crippen LogP contribution in [0.25, 0.3) is 0 Å². The number of aldehydes is 1. The molecule has 1 aromatic rings. The molecule has 0 spiro atoms. The Bertz CT molecular complexity index is 425. The molecule has 1 aromatic heterocycles. The van der Waals surface area contributed by atoms with Crippen LogP contribution in [0, 0.1) is 0 Å². The summed E-state index contributed by atoms with van der Waals surface area (Å²) in [5.74, 6) is 0. The van der Waals surface area contributed by atoms with Crippen LogP contribution in [0.5, 0.6) is 0 Å². The fourth-order valence-corrected chi connectivity index (χ4v) is 3.05. The summed E-state index contributed by atoms with van der Waals surface area (Å²) in [6.07, 6.45) is 0.488. The van der Waals surface area contributed by atoms with Crippen molar-refractivity contribution in [3.63, 3.8) is 0 Å². The lowest BCUT2D eigenvalue weighted by molar-refractivity contribution is -0.108. The molecule has 1 heterocycles. The standard InChI is InChI=1S/C12H16BrNO3S/c1-12(2,3)17-11(16)14-9(4-6-15)10-8(13)5-7-18-10/h5-7,9H,4H2,1-3H3,(H,14,16)/t9-/m1/s1. The smallest absolute Gasteiger partial charge is 0.408 e. The summed E-state index contributed by atoms with van der Waals surface area (Å²) in [5, 5.41) is 4.60. The minimum absolute atomic E-state index is 0.221. The quantitative estimate of drug-likeness (QED) is 0.855. The molecular weight excluding hydrogens is 318 g/mol. The molecule has 0 aliphatic carbocycles. The number of ether oxygens (including phenoxy) is 1. The minimum atomic E-state index is -0.553. The van der Waals surface area contributed by atoms with Crippen molar-refractivity contribution < 1.29 is 14.3 Å². The van der Waals surface area contributed by atoms with E-state index in [2.05, 4.69) is 21.2 Å². The lowest BCUT2D eigenvalue weighted by Crippen LogP contribution is -2.35. The molecule has 0 fully saturated rings. The molecule has 0 saturated carbocycles. The summed E-state index contributed by atoms with van der Waals surface area (Å²) in [6, 6.07) is 1.53. The molecule has 0 aliphatic heterocycles. The number of alkyl carbamates (subject to hydrolysis) is 1. The van der Waals surface area contributed by atoms with Crippen LogP contribution in [-0.4, -0.2) is 18.0 Å². The Morgan fingerprint density at radius 3 is 2.72 bits per heavy atom. The van der Waals surface area contributed by atoms with E-state index in [1.807, 2.05) is 11.4 Å². The van der Waals surface area contributed by atoms with Crippen molar-refractivity contribution in [3.05, 3.63) is 20.8 Å². The zero-order valence-electron chi connectivity index (χ0n) is 10.5. The molecule has 1 atom stereocenters. The maximum Gasteiger partial charge on any atom is 0.408 e. The van der Waals surface area contributed by atoms with Gasteiger partial charge in [0.1, 0.15) is 11.9 Å². The highest BCUT2D eigenvalue weighted by Crippen LogP contribution is 2.30. The molecule has 0 radical (unpaired) electrons. The number of carbonyl (C=O) groups excluding carboxylic acids is 2. The van der Waals surface area contributed by atoms with Gasteiger partial charge in [-0.2, -0.15) is 0 Å². The maximum absolute atomic E-state index is 11.7. The van der Waals surface area contributed by atoms with Gasteiger partial charge in [-0.05, 0) is 48.1 Å². The summed E-state index contributed by atoms with van der Waals surface area (Å²) >= 11 is 4.87. The largest absolute Gasteiger partial charge is 0.444 e. The summed E-state index contributed by atoms with van der Waals surface area (Å²) < 4.78 is 6.06. The molecule has 4 nitrogen and oxygen atoms in total. The van der Waals surface area contributed by atoms with Crippen molar-refractivity contribution in [2.24, 2.45) is 0 Å². The summed E-state index contributed by atoms with van der Waals surface area (Å²) in [6.45, 7) is 5.38. The first-order chi connectivity index (χ1) is 8.33. The van der Waals surface area contributed by atoms with E-state index in [1.165, 1.54) is 11.3 Å². The first-order valence-corrected chi connectivity index (χ1v) is 7.17. The van der Waals surface area contributed by atoms with E-state index in [-0.39, 0.29) is 12.5 Å². The number of hydrogen-bond acceptors (Lipinski definition) is 4. The molecule has 0 aliphatic rings. The minimum Gasteiger partial charge on any atom is -0.444 e. The topological polar surface area (TPSA) is 55.4 Å². The van der Waals surface area contributed by atoms with E-state index < -0.39 is 11.7 Å². The maximum atomic E-state index is 11.7. The van der Waals surface area contributed by atoms with Crippen LogP contribution in [-0.2, 0) is 9.53 Å². The Hall–Kier alpha value is -0.880. The molecule has 6 heteroatoms. The van der Waals surface area contributed by atoms with Crippen LogP contribution >= 0.6 is 27.3 Å². The molecule has 1 N–H and O–H groups in total. The van der Waals surface area contributed by atoms with Gasteiger partial charge in [0.05, 0.1) is 6.04 Å². The number of amides is 1. The van der Waals surface area contributed by atoms with Crippen molar-refractivity contribution in [1.82, 2.24) is 5.32 Å². The van der Waals surface area contributed by atoms with Crippen LogP contribution in [0.15, 0.2) is 15.9 Å². The molecule has 1 rings (SSSR count). The highest BCUT2D eigenvalue weighted by atomic mass is 79.9. The van der Waals surface area contributed by atoms with Gasteiger partial charge >= 0.3 is 6.09 Å². The van der Waals surface area contributed by atoms with E-state index in [9.17, 15) is 9.59 Å². The van der Waals surface area contributed by atoms with E-state index in [0.29, 0.717) is 0 Å². The zero-order chi connectivity index (χ0) is 13.8. The Balaban J connectivity index is 2.73. The van der Waals surface area contributed by atoms with Crippen LogP contribution < -0.4 is 5.32 Å². The third-order valence-corrected chi connectivity index (χ3v) is 3.97. The van der Waals surface area contributed by atoms with Crippen LogP contribution in [0.3, 0.4) is 0 Å². The third-order valence-electron chi connectivity index (χ3n) is 1.98. The number of thiophene rings is 1. The predicted molar refractivity (Wildman–Crippen MR) is 74.8 cm³/mol. The second-order valence-corrected chi connectivity index (χ2v) is 6.54. The van der Waals surface area contributed by atoms with E-state index in [1.54, 1.807) is 20.8 Å². The van der Waals surface area contributed by atoms with Crippen molar-refractivity contribution in [2.45, 2.75) is 38.8 Å². The van der Waals surface area contributed by atoms with Crippen molar-refractivity contribution in [2.75, 3.05) is 0 Å². The van der Waals surface area contributed by atoms with Gasteiger partial charge in [-0.1, -0.05) is 0 Å². The second kappa shape index (κ2) is 6.33. The molecule has 0 aromatic carbocycles. The first kappa shape index (κ1) is 15.2. The van der Waals surface area contributed by atoms with Crippen LogP contribution in [0.1, 0.15) is 38.1 Å². The van der Waals surface area contributed by atoms with Crippen molar-refractivity contribution in [1.29, 1.82) is 0 Å². The lowest BCUT2D eigenvalue weighted by atomic mass is 10.2. The number of carbonyl (C=O) groups is 2. The Labute approximate surface area is 119 Å². The molecule has 1 amide bonds. The van der Waals surface area contributed by atoms with Gasteiger partial charge in [-0.15, -0.1) is 11.3 Å². The van der Waals surface area contributed by atoms with Gasteiger partial charge in [0.15, 0.2) is 0 Å². The summed E-state index contributed by atoms with van der Waals surface area (Å²) in [4.78, 5) is 23.3. The molecule has 100 valence electrons. The normalized spacial score (nSPS) is 12.9. The fraction of sp³-hybridized carbons (Fsp3) is 0.500. The Morgan fingerprint density at radius 2 is 2.28 bits per heavy atom. The van der Waals surface area contributed by atoms with Gasteiger partial charge in [-0.3, -0.25) is 0 Å². The Kier molecular flexibility index (Phi) is 5.34. The molecule has 0 saturated heterocycles. The number of nitrogens with one attached hydrogen (secondary N) is 1. The summed E-state index contributed by atoms with van der Waals surface area (Å²) in [7, 11) is 0. The van der Waals surface area contributed by atoms with Crippen LogP contribution in [0.2, 0.25) is 0 Å². The average Bonchev–Trinajstić information content (AvgIpc) is 2.60. The second-order valence-electron chi connectivity index (χ2n) is 4.73. The van der Waals surface area contributed by atoms with E-state index in [0.717, 1.165) is 15.6 Å². The van der Waals surface area contributed by atoms with Crippen LogP contribution in [0.4, 0.5) is 4.79 Å². The van der Waals surface area contributed by atoms with Gasteiger partial charge in [-0.25, -0.2) is 4.79 Å².